The van der Waals surface area contributed by atoms with E-state index in [9.17, 15) is 4.79 Å². The van der Waals surface area contributed by atoms with Crippen molar-refractivity contribution in [2.24, 2.45) is 5.92 Å². The lowest BCUT2D eigenvalue weighted by Gasteiger charge is -2.30. The summed E-state index contributed by atoms with van der Waals surface area (Å²) in [6, 6.07) is 6.26. The number of nitrogens with one attached hydrogen (secondary N) is 1. The van der Waals surface area contributed by atoms with Gasteiger partial charge in [-0.15, -0.1) is 0 Å². The first kappa shape index (κ1) is 19.3. The molecule has 4 rings (SSSR count). The maximum Gasteiger partial charge on any atom is 0.253 e. The molecule has 3 heterocycles. The van der Waals surface area contributed by atoms with Crippen LogP contribution < -0.4 is 5.32 Å². The van der Waals surface area contributed by atoms with Gasteiger partial charge < -0.3 is 10.2 Å². The number of carbonyl (C=O) groups excluding carboxylic acids is 1. The Morgan fingerprint density at radius 1 is 1.23 bits per heavy atom. The summed E-state index contributed by atoms with van der Waals surface area (Å²) < 4.78 is 2.34. The molecule has 1 aromatic heterocycles. The molecule has 4 nitrogen and oxygen atoms in total. The molecular formula is C21H31N3OS. The van der Waals surface area contributed by atoms with Crippen LogP contribution in [0.3, 0.4) is 0 Å². The highest BCUT2D eigenvalue weighted by Crippen LogP contribution is 2.32. The van der Waals surface area contributed by atoms with E-state index in [1.54, 1.807) is 11.9 Å². The van der Waals surface area contributed by atoms with Gasteiger partial charge in [0.05, 0.1) is 5.52 Å². The predicted octanol–water partition coefficient (Wildman–Crippen LogP) is 4.31. The first-order chi connectivity index (χ1) is 12.7. The average Bonchev–Trinajstić information content (AvgIpc) is 3.02. The molecule has 0 unspecified atom stereocenters. The van der Waals surface area contributed by atoms with Gasteiger partial charge in [-0.05, 0) is 54.5 Å². The van der Waals surface area contributed by atoms with Crippen molar-refractivity contribution >= 4 is 28.8 Å². The number of piperidine rings is 1. The predicted molar refractivity (Wildman–Crippen MR) is 112 cm³/mol. The minimum Gasteiger partial charge on any atom is -0.339 e. The number of hydrogen-bond acceptors (Lipinski definition) is 3. The second kappa shape index (κ2) is 8.49. The zero-order valence-electron chi connectivity index (χ0n) is 16.5. The van der Waals surface area contributed by atoms with E-state index in [0.29, 0.717) is 0 Å². The van der Waals surface area contributed by atoms with E-state index in [1.165, 1.54) is 22.2 Å². The highest BCUT2D eigenvalue weighted by atomic mass is 32.2. The molecule has 1 saturated heterocycles. The minimum absolute atomic E-state index is 0.193. The Balaban J connectivity index is 0.000000948. The van der Waals surface area contributed by atoms with Gasteiger partial charge in [-0.1, -0.05) is 20.8 Å². The quantitative estimate of drug-likeness (QED) is 0.852. The maximum absolute atomic E-state index is 12.9. The fourth-order valence-corrected chi connectivity index (χ4v) is 4.76. The Kier molecular flexibility index (Phi) is 6.30. The van der Waals surface area contributed by atoms with E-state index in [-0.39, 0.29) is 5.91 Å². The molecule has 1 N–H and O–H groups in total. The first-order valence-electron chi connectivity index (χ1n) is 9.89. The van der Waals surface area contributed by atoms with Crippen molar-refractivity contribution in [1.29, 1.82) is 0 Å². The molecular weight excluding hydrogens is 342 g/mol. The van der Waals surface area contributed by atoms with Crippen LogP contribution in [0, 0.1) is 5.92 Å². The molecule has 2 aliphatic rings. The minimum atomic E-state index is 0.193. The molecule has 26 heavy (non-hydrogen) atoms. The number of hydrogen-bond donors (Lipinski definition) is 1. The van der Waals surface area contributed by atoms with Gasteiger partial charge in [0.2, 0.25) is 0 Å². The molecule has 0 saturated carbocycles. The number of fused-ring (bicyclic) bond motifs is 3. The lowest BCUT2D eigenvalue weighted by Crippen LogP contribution is -2.37. The van der Waals surface area contributed by atoms with E-state index in [0.717, 1.165) is 56.9 Å². The van der Waals surface area contributed by atoms with Crippen molar-refractivity contribution < 1.29 is 4.79 Å². The second-order valence-electron chi connectivity index (χ2n) is 7.04. The smallest absolute Gasteiger partial charge is 0.253 e. The number of nitrogens with zero attached hydrogens (tertiary/aromatic N) is 2. The molecule has 5 heteroatoms. The van der Waals surface area contributed by atoms with Crippen LogP contribution in [-0.4, -0.2) is 40.7 Å². The second-order valence-corrected chi connectivity index (χ2v) is 7.77. The fourth-order valence-electron chi connectivity index (χ4n) is 3.98. The van der Waals surface area contributed by atoms with E-state index >= 15 is 0 Å². The molecule has 1 aromatic carbocycles. The van der Waals surface area contributed by atoms with Crippen LogP contribution >= 0.6 is 11.9 Å². The number of rotatable bonds is 2. The molecule has 1 amide bonds. The van der Waals surface area contributed by atoms with Gasteiger partial charge in [0.15, 0.2) is 0 Å². The van der Waals surface area contributed by atoms with Crippen LogP contribution in [0.15, 0.2) is 18.2 Å². The van der Waals surface area contributed by atoms with E-state index in [1.807, 2.05) is 24.8 Å². The number of aromatic nitrogens is 1. The summed E-state index contributed by atoms with van der Waals surface area (Å²) >= 11 is 1.76. The Morgan fingerprint density at radius 2 is 1.96 bits per heavy atom. The summed E-state index contributed by atoms with van der Waals surface area (Å²) in [7, 11) is 0. The van der Waals surface area contributed by atoms with Gasteiger partial charge in [-0.25, -0.2) is 0 Å². The first-order valence-corrected chi connectivity index (χ1v) is 11.1. The third-order valence-electron chi connectivity index (χ3n) is 5.47. The van der Waals surface area contributed by atoms with Gasteiger partial charge in [0.25, 0.3) is 5.91 Å². The Bertz CT molecular complexity index is 775. The van der Waals surface area contributed by atoms with Crippen molar-refractivity contribution in [3.05, 3.63) is 35.0 Å². The molecule has 0 radical (unpaired) electrons. The van der Waals surface area contributed by atoms with Crippen molar-refractivity contribution in [3.63, 3.8) is 0 Å². The average molecular weight is 374 g/mol. The number of carbonyl (C=O) groups is 1. The van der Waals surface area contributed by atoms with Crippen molar-refractivity contribution in [1.82, 2.24) is 14.2 Å². The fraction of sp³-hybridized carbons (Fsp3) is 0.571. The number of amides is 1. The van der Waals surface area contributed by atoms with Crippen LogP contribution in [0.2, 0.25) is 0 Å². The van der Waals surface area contributed by atoms with E-state index < -0.39 is 0 Å². The third-order valence-corrected chi connectivity index (χ3v) is 6.26. The van der Waals surface area contributed by atoms with E-state index in [4.69, 9.17) is 0 Å². The van der Waals surface area contributed by atoms with Crippen molar-refractivity contribution in [3.8, 4) is 0 Å². The topological polar surface area (TPSA) is 37.3 Å². The van der Waals surface area contributed by atoms with Crippen LogP contribution in [0.4, 0.5) is 0 Å². The number of benzene rings is 1. The molecule has 0 spiro atoms. The normalized spacial score (nSPS) is 17.6. The van der Waals surface area contributed by atoms with Crippen molar-refractivity contribution in [2.75, 3.05) is 25.9 Å². The summed E-state index contributed by atoms with van der Waals surface area (Å²) in [5.74, 6) is 0.934. The van der Waals surface area contributed by atoms with E-state index in [2.05, 4.69) is 34.6 Å². The SMILES string of the molecule is CC.CSn1c2c(c3cc(C(=O)N4CCC(C)CC4)ccc31)CNCC2. The highest BCUT2D eigenvalue weighted by Gasteiger charge is 2.24. The molecule has 0 bridgehead atoms. The Hall–Kier alpha value is -1.46. The summed E-state index contributed by atoms with van der Waals surface area (Å²) in [6.07, 6.45) is 5.42. The van der Waals surface area contributed by atoms with Gasteiger partial charge in [0.1, 0.15) is 0 Å². The standard InChI is InChI=1S/C19H25N3OS.C2H6/c1-13-6-9-21(10-7-13)19(23)14-3-4-17-15(11-14)16-12-20-8-5-18(16)22(17)24-2;1-2/h3-4,11,13,20H,5-10,12H2,1-2H3;1-2H3. The van der Waals surface area contributed by atoms with Crippen LogP contribution in [0.5, 0.6) is 0 Å². The third kappa shape index (κ3) is 3.52. The summed E-state index contributed by atoms with van der Waals surface area (Å²) in [5, 5.41) is 4.71. The van der Waals surface area contributed by atoms with Gasteiger partial charge in [-0.2, -0.15) is 0 Å². The van der Waals surface area contributed by atoms with Crippen LogP contribution in [-0.2, 0) is 13.0 Å². The summed E-state index contributed by atoms with van der Waals surface area (Å²) in [6.45, 7) is 9.99. The van der Waals surface area contributed by atoms with Crippen molar-refractivity contribution in [2.45, 2.75) is 46.6 Å². The molecule has 0 aliphatic carbocycles. The van der Waals surface area contributed by atoms with Gasteiger partial charge in [0, 0.05) is 55.5 Å². The summed E-state index contributed by atoms with van der Waals surface area (Å²) in [4.78, 5) is 14.9. The molecule has 142 valence electrons. The number of likely N-dealkylation sites (tertiary alicyclic amines) is 1. The van der Waals surface area contributed by atoms with Crippen LogP contribution in [0.25, 0.3) is 10.9 Å². The molecule has 0 atom stereocenters. The lowest BCUT2D eigenvalue weighted by atomic mass is 9.98. The highest BCUT2D eigenvalue weighted by molar-refractivity contribution is 7.97. The largest absolute Gasteiger partial charge is 0.339 e. The zero-order chi connectivity index (χ0) is 18.7. The molecule has 2 aliphatic heterocycles. The molecule has 2 aromatic rings. The molecule has 1 fully saturated rings. The van der Waals surface area contributed by atoms with Crippen LogP contribution in [0.1, 0.15) is 55.2 Å². The lowest BCUT2D eigenvalue weighted by molar-refractivity contribution is 0.0697. The Labute approximate surface area is 161 Å². The maximum atomic E-state index is 12.9. The Morgan fingerprint density at radius 3 is 2.65 bits per heavy atom. The van der Waals surface area contributed by atoms with Gasteiger partial charge >= 0.3 is 0 Å². The zero-order valence-corrected chi connectivity index (χ0v) is 17.3. The monoisotopic (exact) mass is 373 g/mol. The summed E-state index contributed by atoms with van der Waals surface area (Å²) in [5.41, 5.74) is 4.85. The van der Waals surface area contributed by atoms with Gasteiger partial charge in [-0.3, -0.25) is 8.77 Å².